The van der Waals surface area contributed by atoms with E-state index < -0.39 is 23.1 Å². The van der Waals surface area contributed by atoms with Gasteiger partial charge in [-0.05, 0) is 59.2 Å². The van der Waals surface area contributed by atoms with Crippen molar-refractivity contribution in [1.29, 1.82) is 0 Å². The molecule has 1 saturated carbocycles. The third kappa shape index (κ3) is 5.07. The maximum Gasteiger partial charge on any atom is 0.416 e. The van der Waals surface area contributed by atoms with Gasteiger partial charge in [0.1, 0.15) is 12.2 Å². The number of methoxy groups -OCH3 is 1. The minimum absolute atomic E-state index is 0.0172. The molecule has 1 aliphatic heterocycles. The van der Waals surface area contributed by atoms with Gasteiger partial charge in [0, 0.05) is 38.5 Å². The highest BCUT2D eigenvalue weighted by Crippen LogP contribution is 2.50. The van der Waals surface area contributed by atoms with Crippen molar-refractivity contribution < 1.29 is 22.7 Å². The van der Waals surface area contributed by atoms with Crippen LogP contribution in [0.25, 0.3) is 0 Å². The van der Waals surface area contributed by atoms with E-state index in [1.54, 1.807) is 25.6 Å². The van der Waals surface area contributed by atoms with Crippen LogP contribution in [-0.2, 0) is 36.5 Å². The predicted molar refractivity (Wildman–Crippen MR) is 141 cm³/mol. The van der Waals surface area contributed by atoms with Crippen molar-refractivity contribution in [3.05, 3.63) is 76.4 Å². The van der Waals surface area contributed by atoms with Gasteiger partial charge < -0.3 is 19.5 Å². The van der Waals surface area contributed by atoms with Crippen LogP contribution in [-0.4, -0.2) is 40.4 Å². The molecule has 208 valence electrons. The Bertz CT molecular complexity index is 1390. The van der Waals surface area contributed by atoms with Crippen LogP contribution in [0.15, 0.2) is 42.7 Å². The molecular weight excluding hydrogens is 507 g/mol. The number of hydrogen-bond donors (Lipinski definition) is 1. The van der Waals surface area contributed by atoms with Crippen molar-refractivity contribution in [3.63, 3.8) is 0 Å². The Morgan fingerprint density at radius 3 is 2.51 bits per heavy atom. The summed E-state index contributed by atoms with van der Waals surface area (Å²) in [5.41, 5.74) is 0.812. The Morgan fingerprint density at radius 1 is 1.15 bits per heavy atom. The standard InChI is InChI=1S/C29H34F3N5O2/c1-27(2,3)16-33-14-18-9-22-23(24(10-18)29(30,31)32)15-37(25(22)38)20-8-6-7-19(11-20)28(12-21(13-28)39-5)26-35-34-17-36(26)4/h6-11,17,21,33H,12-16H2,1-5H3/t21-,28-. The lowest BCUT2D eigenvalue weighted by molar-refractivity contribution is -0.138. The number of nitrogens with one attached hydrogen (secondary N) is 1. The van der Waals surface area contributed by atoms with Crippen molar-refractivity contribution in [1.82, 2.24) is 20.1 Å². The van der Waals surface area contributed by atoms with E-state index in [0.717, 1.165) is 11.4 Å². The summed E-state index contributed by atoms with van der Waals surface area (Å²) in [4.78, 5) is 15.0. The van der Waals surface area contributed by atoms with E-state index in [1.165, 1.54) is 11.0 Å². The summed E-state index contributed by atoms with van der Waals surface area (Å²) in [6, 6.07) is 10.2. The summed E-state index contributed by atoms with van der Waals surface area (Å²) < 4.78 is 49.9. The predicted octanol–water partition coefficient (Wildman–Crippen LogP) is 5.22. The van der Waals surface area contributed by atoms with Crippen LogP contribution >= 0.6 is 0 Å². The van der Waals surface area contributed by atoms with Gasteiger partial charge >= 0.3 is 6.18 Å². The molecule has 0 saturated heterocycles. The number of alkyl halides is 3. The number of carbonyl (C=O) groups excluding carboxylic acids is 1. The van der Waals surface area contributed by atoms with E-state index in [4.69, 9.17) is 4.74 Å². The number of hydrogen-bond acceptors (Lipinski definition) is 5. The first-order valence-corrected chi connectivity index (χ1v) is 13.1. The second-order valence-electron chi connectivity index (χ2n) is 11.9. The molecule has 1 amide bonds. The van der Waals surface area contributed by atoms with Crippen molar-refractivity contribution in [2.75, 3.05) is 18.6 Å². The molecular formula is C29H34F3N5O2. The molecule has 2 heterocycles. The molecule has 1 aromatic heterocycles. The normalized spacial score (nSPS) is 21.3. The fourth-order valence-corrected chi connectivity index (χ4v) is 5.73. The summed E-state index contributed by atoms with van der Waals surface area (Å²) in [6.07, 6.45) is -1.48. The number of aryl methyl sites for hydroxylation is 1. The van der Waals surface area contributed by atoms with E-state index in [-0.39, 0.29) is 35.7 Å². The quantitative estimate of drug-likeness (QED) is 0.444. The van der Waals surface area contributed by atoms with Gasteiger partial charge in [-0.2, -0.15) is 13.2 Å². The molecule has 1 N–H and O–H groups in total. The lowest BCUT2D eigenvalue weighted by Gasteiger charge is -2.46. The summed E-state index contributed by atoms with van der Waals surface area (Å²) in [5.74, 6) is 0.358. The number of rotatable bonds is 7. The fraction of sp³-hybridized carbons (Fsp3) is 0.483. The molecule has 2 aromatic carbocycles. The molecule has 3 aromatic rings. The third-order valence-electron chi connectivity index (χ3n) is 7.73. The van der Waals surface area contributed by atoms with Gasteiger partial charge in [0.2, 0.25) is 0 Å². The van der Waals surface area contributed by atoms with Crippen LogP contribution in [0.3, 0.4) is 0 Å². The second-order valence-corrected chi connectivity index (χ2v) is 11.9. The number of fused-ring (bicyclic) bond motifs is 1. The number of ether oxygens (including phenoxy) is 1. The van der Waals surface area contributed by atoms with Crippen LogP contribution in [0.1, 0.15) is 72.0 Å². The molecule has 0 bridgehead atoms. The molecule has 0 atom stereocenters. The summed E-state index contributed by atoms with van der Waals surface area (Å²) in [5, 5.41) is 11.6. The fourth-order valence-electron chi connectivity index (χ4n) is 5.73. The van der Waals surface area contributed by atoms with E-state index >= 15 is 0 Å². The van der Waals surface area contributed by atoms with Crippen LogP contribution in [0.5, 0.6) is 0 Å². The largest absolute Gasteiger partial charge is 0.416 e. The minimum atomic E-state index is -4.57. The molecule has 10 heteroatoms. The molecule has 1 fully saturated rings. The van der Waals surface area contributed by atoms with Gasteiger partial charge in [-0.1, -0.05) is 32.9 Å². The van der Waals surface area contributed by atoms with Gasteiger partial charge in [-0.15, -0.1) is 10.2 Å². The number of nitrogens with zero attached hydrogens (tertiary/aromatic N) is 4. The molecule has 0 radical (unpaired) electrons. The Kier molecular flexibility index (Phi) is 6.83. The van der Waals surface area contributed by atoms with E-state index in [1.807, 2.05) is 50.6 Å². The number of carbonyl (C=O) groups is 1. The lowest BCUT2D eigenvalue weighted by Crippen LogP contribution is -2.48. The van der Waals surface area contributed by atoms with Crippen molar-refractivity contribution in [3.8, 4) is 0 Å². The first-order chi connectivity index (χ1) is 18.3. The SMILES string of the molecule is CO[C@H]1C[C@](c2cccc(N3Cc4c(cc(CNCC(C)(C)C)cc4C(F)(F)F)C3=O)c2)(c2nncn2C)C1. The summed E-state index contributed by atoms with van der Waals surface area (Å²) in [6.45, 7) is 6.89. The van der Waals surface area contributed by atoms with Crippen molar-refractivity contribution in [2.24, 2.45) is 12.5 Å². The highest BCUT2D eigenvalue weighted by Gasteiger charge is 2.50. The summed E-state index contributed by atoms with van der Waals surface area (Å²) >= 11 is 0. The zero-order valence-electron chi connectivity index (χ0n) is 22.9. The van der Waals surface area contributed by atoms with Gasteiger partial charge in [-0.3, -0.25) is 4.79 Å². The van der Waals surface area contributed by atoms with Gasteiger partial charge in [0.15, 0.2) is 0 Å². The average Bonchev–Trinajstić information content (AvgIpc) is 3.41. The lowest BCUT2D eigenvalue weighted by atomic mass is 9.62. The highest BCUT2D eigenvalue weighted by molar-refractivity contribution is 6.10. The smallest absolute Gasteiger partial charge is 0.381 e. The zero-order chi connectivity index (χ0) is 28.2. The van der Waals surface area contributed by atoms with E-state index in [0.29, 0.717) is 30.6 Å². The van der Waals surface area contributed by atoms with Gasteiger partial charge in [0.05, 0.1) is 23.6 Å². The molecule has 2 aliphatic rings. The first-order valence-electron chi connectivity index (χ1n) is 13.1. The Morgan fingerprint density at radius 2 is 1.90 bits per heavy atom. The monoisotopic (exact) mass is 541 g/mol. The minimum Gasteiger partial charge on any atom is -0.381 e. The maximum atomic E-state index is 14.2. The van der Waals surface area contributed by atoms with Gasteiger partial charge in [-0.25, -0.2) is 0 Å². The van der Waals surface area contributed by atoms with Crippen LogP contribution in [0, 0.1) is 5.41 Å². The Hall–Kier alpha value is -3.24. The van der Waals surface area contributed by atoms with Crippen molar-refractivity contribution in [2.45, 2.75) is 64.4 Å². The topological polar surface area (TPSA) is 72.3 Å². The van der Waals surface area contributed by atoms with E-state index in [2.05, 4.69) is 15.5 Å². The van der Waals surface area contributed by atoms with Crippen molar-refractivity contribution >= 4 is 11.6 Å². The highest BCUT2D eigenvalue weighted by atomic mass is 19.4. The zero-order valence-corrected chi connectivity index (χ0v) is 22.9. The maximum absolute atomic E-state index is 14.2. The number of anilines is 1. The number of halogens is 3. The molecule has 7 nitrogen and oxygen atoms in total. The number of amides is 1. The molecule has 0 unspecified atom stereocenters. The Balaban J connectivity index is 1.48. The second kappa shape index (κ2) is 9.75. The average molecular weight is 542 g/mol. The first kappa shape index (κ1) is 27.3. The Labute approximate surface area is 226 Å². The number of benzene rings is 2. The molecule has 0 spiro atoms. The summed E-state index contributed by atoms with van der Waals surface area (Å²) in [7, 11) is 3.56. The molecule has 39 heavy (non-hydrogen) atoms. The van der Waals surface area contributed by atoms with Crippen LogP contribution in [0.2, 0.25) is 0 Å². The van der Waals surface area contributed by atoms with Gasteiger partial charge in [0.25, 0.3) is 5.91 Å². The molecule has 1 aliphatic carbocycles. The molecule has 5 rings (SSSR count). The number of aromatic nitrogens is 3. The van der Waals surface area contributed by atoms with E-state index in [9.17, 15) is 18.0 Å². The third-order valence-corrected chi connectivity index (χ3v) is 7.73. The van der Waals surface area contributed by atoms with Crippen LogP contribution in [0.4, 0.5) is 18.9 Å². The van der Waals surface area contributed by atoms with Crippen LogP contribution < -0.4 is 10.2 Å².